The van der Waals surface area contributed by atoms with Gasteiger partial charge in [0.05, 0.1) is 0 Å². The molecule has 0 aliphatic carbocycles. The van der Waals surface area contributed by atoms with Gasteiger partial charge in [-0.05, 0) is 0 Å². The van der Waals surface area contributed by atoms with Crippen LogP contribution < -0.4 is 0 Å². The van der Waals surface area contributed by atoms with Gasteiger partial charge in [0.25, 0.3) is 0 Å². The number of aliphatic carboxylic acids is 1. The van der Waals surface area contributed by atoms with Crippen LogP contribution in [0.15, 0.2) is 0 Å². The van der Waals surface area contributed by atoms with E-state index < -0.39 is 5.97 Å². The average Bonchev–Trinajstić information content (AvgIpc) is 1.82. The molecule has 0 saturated carbocycles. The van der Waals surface area contributed by atoms with Gasteiger partial charge >= 0.3 is 72.3 Å². The Morgan fingerprint density at radius 2 is 2.22 bits per heavy atom. The molecule has 0 fully saturated rings. The molecule has 9 heavy (non-hydrogen) atoms. The quantitative estimate of drug-likeness (QED) is 0.675. The number of carboxylic acids is 1. The third kappa shape index (κ3) is 5.05. The fourth-order valence-electron chi connectivity index (χ4n) is 0.461. The summed E-state index contributed by atoms with van der Waals surface area (Å²) in [5.41, 5.74) is 0. The molecular formula is C5H12As2O2. The van der Waals surface area contributed by atoms with Crippen molar-refractivity contribution >= 4 is 39.7 Å². The summed E-state index contributed by atoms with van der Waals surface area (Å²) < 4.78 is -0.0896. The topological polar surface area (TPSA) is 37.3 Å². The molecule has 0 amide bonds. The van der Waals surface area contributed by atoms with Crippen molar-refractivity contribution in [1.29, 1.82) is 0 Å². The molecule has 3 atom stereocenters. The zero-order valence-electron chi connectivity index (χ0n) is 5.21. The van der Waals surface area contributed by atoms with E-state index in [2.05, 4.69) is 0 Å². The molecule has 54 valence electrons. The molecule has 0 aliphatic rings. The van der Waals surface area contributed by atoms with Crippen molar-refractivity contribution in [3.05, 3.63) is 0 Å². The van der Waals surface area contributed by atoms with Crippen LogP contribution in [-0.2, 0) is 4.79 Å². The van der Waals surface area contributed by atoms with Crippen molar-refractivity contribution in [3.8, 4) is 0 Å². The summed E-state index contributed by atoms with van der Waals surface area (Å²) in [4.78, 5) is 10.2. The number of hydrogen-bond donors (Lipinski definition) is 1. The SMILES string of the molecule is O=C(O)C([AsH2])CCC[AsH2]. The summed E-state index contributed by atoms with van der Waals surface area (Å²) in [6.07, 6.45) is 1.92. The van der Waals surface area contributed by atoms with E-state index >= 15 is 0 Å². The molecule has 1 N–H and O–H groups in total. The summed E-state index contributed by atoms with van der Waals surface area (Å²) >= 11 is 3.00. The van der Waals surface area contributed by atoms with Crippen molar-refractivity contribution in [3.63, 3.8) is 0 Å². The summed E-state index contributed by atoms with van der Waals surface area (Å²) in [7, 11) is 0. The van der Waals surface area contributed by atoms with Gasteiger partial charge in [0.2, 0.25) is 0 Å². The zero-order chi connectivity index (χ0) is 7.28. The molecule has 2 nitrogen and oxygen atoms in total. The van der Waals surface area contributed by atoms with Crippen molar-refractivity contribution in [2.75, 3.05) is 0 Å². The van der Waals surface area contributed by atoms with Gasteiger partial charge in [-0.25, -0.2) is 0 Å². The van der Waals surface area contributed by atoms with E-state index in [-0.39, 0.29) is 4.71 Å². The summed E-state index contributed by atoms with van der Waals surface area (Å²) in [6, 6.07) is 0. The Morgan fingerprint density at radius 3 is 2.56 bits per heavy atom. The van der Waals surface area contributed by atoms with Gasteiger partial charge in [0.1, 0.15) is 0 Å². The first-order valence-corrected chi connectivity index (χ1v) is 5.98. The van der Waals surface area contributed by atoms with Gasteiger partial charge in [0, 0.05) is 0 Å². The first-order chi connectivity index (χ1) is 4.18. The Morgan fingerprint density at radius 1 is 1.67 bits per heavy atom. The van der Waals surface area contributed by atoms with Gasteiger partial charge in [0.15, 0.2) is 0 Å². The molecule has 0 aromatic heterocycles. The summed E-state index contributed by atoms with van der Waals surface area (Å²) in [5.74, 6) is -0.643. The number of hydrogen-bond acceptors (Lipinski definition) is 1. The van der Waals surface area contributed by atoms with E-state index in [9.17, 15) is 4.79 Å². The fraction of sp³-hybridized carbons (Fsp3) is 0.800. The standard InChI is InChI=1S/C5H12As2O2/c6-3-1-2-4(7)5(8)9/h4H,1-3,6-7H2,(H,8,9). The Balaban J connectivity index is 3.27. The maximum absolute atomic E-state index is 10.2. The third-order valence-electron chi connectivity index (χ3n) is 1.04. The number of rotatable bonds is 4. The van der Waals surface area contributed by atoms with Crippen LogP contribution in [0.1, 0.15) is 12.8 Å². The molecule has 4 heteroatoms. The van der Waals surface area contributed by atoms with Gasteiger partial charge in [-0.1, -0.05) is 0 Å². The Labute approximate surface area is 72.4 Å². The minimum atomic E-state index is -0.643. The van der Waals surface area contributed by atoms with E-state index in [1.165, 1.54) is 16.9 Å². The van der Waals surface area contributed by atoms with Crippen LogP contribution in [0, 0.1) is 0 Å². The van der Waals surface area contributed by atoms with E-state index in [0.29, 0.717) is 0 Å². The molecule has 0 radical (unpaired) electrons. The van der Waals surface area contributed by atoms with Crippen LogP contribution in [0.3, 0.4) is 0 Å². The molecule has 0 aromatic rings. The van der Waals surface area contributed by atoms with Crippen LogP contribution in [0.5, 0.6) is 0 Å². The predicted octanol–water partition coefficient (Wildman–Crippen LogP) is -0.676. The molecule has 0 spiro atoms. The molecule has 0 heterocycles. The molecule has 0 aromatic carbocycles. The van der Waals surface area contributed by atoms with E-state index in [0.717, 1.165) is 18.1 Å². The van der Waals surface area contributed by atoms with E-state index in [1.807, 2.05) is 0 Å². The van der Waals surface area contributed by atoms with E-state index in [1.54, 1.807) is 16.9 Å². The van der Waals surface area contributed by atoms with Gasteiger partial charge < -0.3 is 0 Å². The fourth-order valence-corrected chi connectivity index (χ4v) is 1.45. The normalized spacial score (nSPS) is 13.1. The van der Waals surface area contributed by atoms with Crippen molar-refractivity contribution in [2.24, 2.45) is 0 Å². The molecule has 0 aliphatic heterocycles. The van der Waals surface area contributed by atoms with Crippen molar-refractivity contribution < 1.29 is 9.90 Å². The third-order valence-corrected chi connectivity index (χ3v) is 3.19. The zero-order valence-corrected chi connectivity index (χ0v) is 10.1. The Hall–Kier alpha value is 0.587. The van der Waals surface area contributed by atoms with Gasteiger partial charge in [-0.15, -0.1) is 0 Å². The average molecular weight is 254 g/mol. The second kappa shape index (κ2) is 5.38. The Kier molecular flexibility index (Phi) is 5.73. The van der Waals surface area contributed by atoms with Gasteiger partial charge in [-0.3, -0.25) is 0 Å². The number of carboxylic acid groups (broad SMARTS) is 1. The van der Waals surface area contributed by atoms with Crippen LogP contribution in [-0.4, -0.2) is 44.8 Å². The van der Waals surface area contributed by atoms with Crippen molar-refractivity contribution in [1.82, 2.24) is 0 Å². The van der Waals surface area contributed by atoms with E-state index in [4.69, 9.17) is 5.11 Å². The molecule has 0 saturated heterocycles. The maximum atomic E-state index is 10.2. The van der Waals surface area contributed by atoms with Crippen molar-refractivity contribution in [2.45, 2.75) is 22.8 Å². The van der Waals surface area contributed by atoms with Crippen LogP contribution in [0.4, 0.5) is 0 Å². The molecule has 0 rings (SSSR count). The Bertz CT molecular complexity index is 95.0. The number of carbonyl (C=O) groups is 1. The first kappa shape index (κ1) is 9.59. The van der Waals surface area contributed by atoms with Gasteiger partial charge in [-0.2, -0.15) is 0 Å². The van der Waals surface area contributed by atoms with Crippen LogP contribution in [0.2, 0.25) is 9.91 Å². The predicted molar refractivity (Wildman–Crippen MR) is 42.5 cm³/mol. The van der Waals surface area contributed by atoms with Crippen LogP contribution in [0.25, 0.3) is 0 Å². The molecule has 0 bridgehead atoms. The molecular weight excluding hydrogens is 242 g/mol. The monoisotopic (exact) mass is 254 g/mol. The second-order valence-corrected chi connectivity index (χ2v) is 4.78. The summed E-state index contributed by atoms with van der Waals surface area (Å²) in [5, 5.41) is 9.58. The summed E-state index contributed by atoms with van der Waals surface area (Å²) in [6.45, 7) is 0. The van der Waals surface area contributed by atoms with Crippen LogP contribution >= 0.6 is 0 Å². The molecule has 3 unspecified atom stereocenters. The minimum absolute atomic E-state index is 0.0896. The second-order valence-electron chi connectivity index (χ2n) is 1.88. The first-order valence-electron chi connectivity index (χ1n) is 2.87.